The highest BCUT2D eigenvalue weighted by Gasteiger charge is 2.15. The molecule has 1 saturated heterocycles. The second-order valence-electron chi connectivity index (χ2n) is 5.12. The minimum Gasteiger partial charge on any atom is -0.379 e. The predicted octanol–water partition coefficient (Wildman–Crippen LogP) is 2.18. The summed E-state index contributed by atoms with van der Waals surface area (Å²) in [5.74, 6) is 0. The smallest absolute Gasteiger partial charge is 0.240 e. The van der Waals surface area contributed by atoms with Crippen LogP contribution in [0.3, 0.4) is 0 Å². The third kappa shape index (κ3) is 5.79. The molecule has 1 aliphatic heterocycles. The van der Waals surface area contributed by atoms with Gasteiger partial charge < -0.3 is 4.74 Å². The number of hydrogen-bond acceptors (Lipinski definition) is 4. The van der Waals surface area contributed by atoms with Crippen LogP contribution in [0, 0.1) is 6.92 Å². The average molecular weight is 414 g/mol. The van der Waals surface area contributed by atoms with Gasteiger partial charge in [-0.2, -0.15) is 0 Å². The number of aryl methyl sites for hydroxylation is 1. The zero-order chi connectivity index (χ0) is 15.3. The van der Waals surface area contributed by atoms with Gasteiger partial charge in [0.05, 0.1) is 18.1 Å². The van der Waals surface area contributed by atoms with Crippen LogP contribution in [0.2, 0.25) is 0 Å². The second-order valence-corrected chi connectivity index (χ2v) is 7.74. The molecule has 1 aromatic rings. The van der Waals surface area contributed by atoms with E-state index < -0.39 is 10.0 Å². The first kappa shape index (κ1) is 19.9. The molecule has 0 amide bonds. The zero-order valence-corrected chi connectivity index (χ0v) is 15.8. The minimum absolute atomic E-state index is 0. The largest absolute Gasteiger partial charge is 0.379 e. The van der Waals surface area contributed by atoms with Crippen LogP contribution < -0.4 is 4.72 Å². The number of morpholine rings is 1. The Labute approximate surface area is 147 Å². The SMILES string of the molecule is Cc1cc(S(=O)(=O)NCCCN2CCOCC2)ccc1Br.Cl. The first-order valence-electron chi connectivity index (χ1n) is 7.05. The summed E-state index contributed by atoms with van der Waals surface area (Å²) in [6.45, 7) is 6.62. The quantitative estimate of drug-likeness (QED) is 0.726. The maximum absolute atomic E-state index is 12.2. The van der Waals surface area contributed by atoms with E-state index in [0.29, 0.717) is 11.4 Å². The van der Waals surface area contributed by atoms with Crippen molar-refractivity contribution in [3.05, 3.63) is 28.2 Å². The van der Waals surface area contributed by atoms with E-state index in [-0.39, 0.29) is 12.4 Å². The van der Waals surface area contributed by atoms with Gasteiger partial charge in [-0.1, -0.05) is 15.9 Å². The number of ether oxygens (including phenoxy) is 1. The molecule has 1 aromatic carbocycles. The monoisotopic (exact) mass is 412 g/mol. The molecule has 22 heavy (non-hydrogen) atoms. The Hall–Kier alpha value is -0.180. The van der Waals surface area contributed by atoms with Crippen LogP contribution in [0.1, 0.15) is 12.0 Å². The van der Waals surface area contributed by atoms with Crippen molar-refractivity contribution in [2.75, 3.05) is 39.4 Å². The van der Waals surface area contributed by atoms with Gasteiger partial charge in [0.25, 0.3) is 0 Å². The van der Waals surface area contributed by atoms with Gasteiger partial charge in [-0.3, -0.25) is 4.90 Å². The number of nitrogens with one attached hydrogen (secondary N) is 1. The van der Waals surface area contributed by atoms with Crippen LogP contribution in [0.25, 0.3) is 0 Å². The lowest BCUT2D eigenvalue weighted by molar-refractivity contribution is 0.0376. The van der Waals surface area contributed by atoms with E-state index in [1.807, 2.05) is 6.92 Å². The number of nitrogens with zero attached hydrogens (tertiary/aromatic N) is 1. The van der Waals surface area contributed by atoms with E-state index in [1.165, 1.54) is 0 Å². The molecular formula is C14H22BrClN2O3S. The maximum Gasteiger partial charge on any atom is 0.240 e. The van der Waals surface area contributed by atoms with Gasteiger partial charge in [-0.15, -0.1) is 12.4 Å². The number of sulfonamides is 1. The molecule has 0 saturated carbocycles. The van der Waals surface area contributed by atoms with Crippen LogP contribution in [0.15, 0.2) is 27.6 Å². The Morgan fingerprint density at radius 3 is 2.64 bits per heavy atom. The van der Waals surface area contributed by atoms with Crippen LogP contribution in [0.5, 0.6) is 0 Å². The summed E-state index contributed by atoms with van der Waals surface area (Å²) >= 11 is 3.37. The van der Waals surface area contributed by atoms with Gasteiger partial charge in [-0.05, 0) is 43.7 Å². The Morgan fingerprint density at radius 1 is 1.32 bits per heavy atom. The lowest BCUT2D eigenvalue weighted by Crippen LogP contribution is -2.38. The highest BCUT2D eigenvalue weighted by atomic mass is 79.9. The first-order chi connectivity index (χ1) is 9.99. The summed E-state index contributed by atoms with van der Waals surface area (Å²) in [5, 5.41) is 0. The fourth-order valence-corrected chi connectivity index (χ4v) is 3.61. The average Bonchev–Trinajstić information content (AvgIpc) is 2.47. The molecular weight excluding hydrogens is 392 g/mol. The summed E-state index contributed by atoms with van der Waals surface area (Å²) in [6, 6.07) is 5.05. The third-order valence-electron chi connectivity index (χ3n) is 3.49. The number of hydrogen-bond donors (Lipinski definition) is 1. The molecule has 0 aliphatic carbocycles. The molecule has 1 fully saturated rings. The number of halogens is 2. The fraction of sp³-hybridized carbons (Fsp3) is 0.571. The van der Waals surface area contributed by atoms with Gasteiger partial charge >= 0.3 is 0 Å². The van der Waals surface area contributed by atoms with Gasteiger partial charge in [0.1, 0.15) is 0 Å². The second kappa shape index (κ2) is 9.20. The third-order valence-corrected chi connectivity index (χ3v) is 5.84. The summed E-state index contributed by atoms with van der Waals surface area (Å²) in [6.07, 6.45) is 0.800. The van der Waals surface area contributed by atoms with Gasteiger partial charge in [0.2, 0.25) is 10.0 Å². The van der Waals surface area contributed by atoms with E-state index in [2.05, 4.69) is 25.6 Å². The van der Waals surface area contributed by atoms with Crippen molar-refractivity contribution in [2.24, 2.45) is 0 Å². The molecule has 126 valence electrons. The lowest BCUT2D eigenvalue weighted by atomic mass is 10.2. The molecule has 0 bridgehead atoms. The molecule has 1 heterocycles. The standard InChI is InChI=1S/C14H21BrN2O3S.ClH/c1-12-11-13(3-4-14(12)15)21(18,19)16-5-2-6-17-7-9-20-10-8-17;/h3-4,11,16H,2,5-10H2,1H3;1H. The summed E-state index contributed by atoms with van der Waals surface area (Å²) in [4.78, 5) is 2.61. The van der Waals surface area contributed by atoms with Crippen molar-refractivity contribution in [1.82, 2.24) is 9.62 Å². The molecule has 0 aromatic heterocycles. The molecule has 8 heteroatoms. The van der Waals surface area contributed by atoms with E-state index in [0.717, 1.165) is 49.3 Å². The molecule has 0 spiro atoms. The molecule has 5 nitrogen and oxygen atoms in total. The van der Waals surface area contributed by atoms with Crippen molar-refractivity contribution in [2.45, 2.75) is 18.2 Å². The van der Waals surface area contributed by atoms with E-state index in [4.69, 9.17) is 4.74 Å². The normalized spacial score (nSPS) is 16.3. The minimum atomic E-state index is -3.42. The molecule has 2 rings (SSSR count). The van der Waals surface area contributed by atoms with Crippen molar-refractivity contribution < 1.29 is 13.2 Å². The summed E-state index contributed by atoms with van der Waals surface area (Å²) in [5.41, 5.74) is 0.909. The molecule has 0 unspecified atom stereocenters. The molecule has 0 radical (unpaired) electrons. The fourth-order valence-electron chi connectivity index (χ4n) is 2.20. The first-order valence-corrected chi connectivity index (χ1v) is 9.32. The van der Waals surface area contributed by atoms with E-state index in [9.17, 15) is 8.42 Å². The molecule has 1 N–H and O–H groups in total. The highest BCUT2D eigenvalue weighted by molar-refractivity contribution is 9.10. The number of rotatable bonds is 6. The van der Waals surface area contributed by atoms with Crippen molar-refractivity contribution in [3.63, 3.8) is 0 Å². The summed E-state index contributed by atoms with van der Waals surface area (Å²) < 4.78 is 33.2. The number of benzene rings is 1. The molecule has 1 aliphatic rings. The lowest BCUT2D eigenvalue weighted by Gasteiger charge is -2.26. The van der Waals surface area contributed by atoms with Gasteiger partial charge in [-0.25, -0.2) is 13.1 Å². The van der Waals surface area contributed by atoms with Crippen molar-refractivity contribution in [1.29, 1.82) is 0 Å². The van der Waals surface area contributed by atoms with Crippen molar-refractivity contribution in [3.8, 4) is 0 Å². The Bertz CT molecular complexity index is 577. The maximum atomic E-state index is 12.2. The van der Waals surface area contributed by atoms with E-state index in [1.54, 1.807) is 18.2 Å². The van der Waals surface area contributed by atoms with Gasteiger partial charge in [0.15, 0.2) is 0 Å². The van der Waals surface area contributed by atoms with Crippen LogP contribution in [-0.4, -0.2) is 52.7 Å². The van der Waals surface area contributed by atoms with Crippen LogP contribution in [-0.2, 0) is 14.8 Å². The Kier molecular flexibility index (Phi) is 8.31. The van der Waals surface area contributed by atoms with Crippen molar-refractivity contribution >= 4 is 38.4 Å². The topological polar surface area (TPSA) is 58.6 Å². The zero-order valence-electron chi connectivity index (χ0n) is 12.5. The van der Waals surface area contributed by atoms with Crippen LogP contribution >= 0.6 is 28.3 Å². The molecule has 0 atom stereocenters. The highest BCUT2D eigenvalue weighted by Crippen LogP contribution is 2.19. The van der Waals surface area contributed by atoms with E-state index >= 15 is 0 Å². The van der Waals surface area contributed by atoms with Gasteiger partial charge in [0, 0.05) is 24.1 Å². The summed E-state index contributed by atoms with van der Waals surface area (Å²) in [7, 11) is -3.42. The Balaban J connectivity index is 0.00000242. The predicted molar refractivity (Wildman–Crippen MR) is 93.2 cm³/mol. The Morgan fingerprint density at radius 2 is 2.00 bits per heavy atom. The van der Waals surface area contributed by atoms with Crippen LogP contribution in [0.4, 0.5) is 0 Å².